The van der Waals surface area contributed by atoms with Crippen LogP contribution < -0.4 is 5.46 Å². The number of hydrogen-bond donors (Lipinski definition) is 0. The molecular formula is C16H19BFNO2. The molecule has 3 nitrogen and oxygen atoms in total. The second-order valence-corrected chi connectivity index (χ2v) is 6.60. The van der Waals surface area contributed by atoms with Crippen molar-refractivity contribution in [3.8, 4) is 0 Å². The minimum absolute atomic E-state index is 0.254. The van der Waals surface area contributed by atoms with Gasteiger partial charge in [-0.3, -0.25) is 4.98 Å². The van der Waals surface area contributed by atoms with Crippen molar-refractivity contribution in [1.29, 1.82) is 0 Å². The van der Waals surface area contributed by atoms with Crippen LogP contribution in [0, 0.1) is 12.7 Å². The second-order valence-electron chi connectivity index (χ2n) is 6.60. The first-order valence-corrected chi connectivity index (χ1v) is 7.12. The van der Waals surface area contributed by atoms with Gasteiger partial charge < -0.3 is 9.31 Å². The van der Waals surface area contributed by atoms with Gasteiger partial charge in [0.25, 0.3) is 0 Å². The molecular weight excluding hydrogens is 268 g/mol. The Morgan fingerprint density at radius 2 is 1.67 bits per heavy atom. The zero-order valence-electron chi connectivity index (χ0n) is 13.0. The van der Waals surface area contributed by atoms with E-state index in [9.17, 15) is 4.39 Å². The highest BCUT2D eigenvalue weighted by Crippen LogP contribution is 2.37. The van der Waals surface area contributed by atoms with E-state index in [1.54, 1.807) is 18.3 Å². The molecule has 0 amide bonds. The number of rotatable bonds is 1. The van der Waals surface area contributed by atoms with Crippen LogP contribution in [0.5, 0.6) is 0 Å². The minimum Gasteiger partial charge on any atom is -0.399 e. The van der Waals surface area contributed by atoms with Gasteiger partial charge in [-0.25, -0.2) is 4.39 Å². The standard InChI is InChI=1S/C16H19BFNO2/c1-10-8-11-12(9-19-10)13(6-7-14(11)18)17-20-15(2,3)16(4,5)21-17/h6-9H,1-5H3. The molecule has 2 heterocycles. The van der Waals surface area contributed by atoms with Crippen LogP contribution in [0.15, 0.2) is 24.4 Å². The van der Waals surface area contributed by atoms with Crippen molar-refractivity contribution in [2.24, 2.45) is 0 Å². The molecule has 0 spiro atoms. The highest BCUT2D eigenvalue weighted by Gasteiger charge is 2.52. The van der Waals surface area contributed by atoms with Crippen LogP contribution >= 0.6 is 0 Å². The van der Waals surface area contributed by atoms with Crippen molar-refractivity contribution in [3.63, 3.8) is 0 Å². The third-order valence-corrected chi connectivity index (χ3v) is 4.53. The SMILES string of the molecule is Cc1cc2c(F)ccc(B3OC(C)(C)C(C)(C)O3)c2cn1. The van der Waals surface area contributed by atoms with Gasteiger partial charge in [-0.15, -0.1) is 0 Å². The van der Waals surface area contributed by atoms with Crippen LogP contribution in [0.2, 0.25) is 0 Å². The summed E-state index contributed by atoms with van der Waals surface area (Å²) in [7, 11) is -0.511. The zero-order chi connectivity index (χ0) is 15.4. The molecule has 0 aliphatic carbocycles. The lowest BCUT2D eigenvalue weighted by Gasteiger charge is -2.32. The Bertz CT molecular complexity index is 699. The molecule has 21 heavy (non-hydrogen) atoms. The Hall–Kier alpha value is -1.46. The molecule has 1 saturated heterocycles. The average Bonchev–Trinajstić information content (AvgIpc) is 2.59. The largest absolute Gasteiger partial charge is 0.495 e. The third kappa shape index (κ3) is 2.25. The molecule has 1 aliphatic heterocycles. The van der Waals surface area contributed by atoms with Crippen molar-refractivity contribution >= 4 is 23.4 Å². The molecule has 1 fully saturated rings. The van der Waals surface area contributed by atoms with E-state index in [0.29, 0.717) is 5.39 Å². The molecule has 0 radical (unpaired) electrons. The normalized spacial score (nSPS) is 20.2. The summed E-state index contributed by atoms with van der Waals surface area (Å²) in [6.07, 6.45) is 1.69. The van der Waals surface area contributed by atoms with Crippen LogP contribution in [-0.4, -0.2) is 23.3 Å². The molecule has 3 rings (SSSR count). The molecule has 2 aromatic rings. The summed E-state index contributed by atoms with van der Waals surface area (Å²) < 4.78 is 26.1. The predicted molar refractivity (Wildman–Crippen MR) is 82.2 cm³/mol. The third-order valence-electron chi connectivity index (χ3n) is 4.53. The molecule has 0 N–H and O–H groups in total. The van der Waals surface area contributed by atoms with Gasteiger partial charge in [0, 0.05) is 22.7 Å². The van der Waals surface area contributed by atoms with Crippen LogP contribution in [0.1, 0.15) is 33.4 Å². The van der Waals surface area contributed by atoms with Gasteiger partial charge in [0.2, 0.25) is 0 Å². The summed E-state index contributed by atoms with van der Waals surface area (Å²) in [6, 6.07) is 4.93. The van der Waals surface area contributed by atoms with Gasteiger partial charge in [-0.1, -0.05) is 6.07 Å². The highest BCUT2D eigenvalue weighted by atomic mass is 19.1. The van der Waals surface area contributed by atoms with Crippen LogP contribution in [0.3, 0.4) is 0 Å². The summed E-state index contributed by atoms with van der Waals surface area (Å²) in [6.45, 7) is 9.85. The number of nitrogens with zero attached hydrogens (tertiary/aromatic N) is 1. The fraction of sp³-hybridized carbons (Fsp3) is 0.438. The number of aryl methyl sites for hydroxylation is 1. The van der Waals surface area contributed by atoms with E-state index < -0.39 is 18.3 Å². The number of benzene rings is 1. The Morgan fingerprint density at radius 1 is 1.05 bits per heavy atom. The maximum absolute atomic E-state index is 14.0. The number of aromatic nitrogens is 1. The fourth-order valence-electron chi connectivity index (χ4n) is 2.51. The van der Waals surface area contributed by atoms with Gasteiger partial charge in [0.1, 0.15) is 5.82 Å². The number of pyridine rings is 1. The van der Waals surface area contributed by atoms with Crippen molar-refractivity contribution in [2.45, 2.75) is 45.8 Å². The summed E-state index contributed by atoms with van der Waals surface area (Å²) in [5.74, 6) is -0.254. The lowest BCUT2D eigenvalue weighted by molar-refractivity contribution is 0.00578. The number of hydrogen-bond acceptors (Lipinski definition) is 3. The average molecular weight is 287 g/mol. The Kier molecular flexibility index (Phi) is 3.12. The zero-order valence-corrected chi connectivity index (χ0v) is 13.0. The van der Waals surface area contributed by atoms with Gasteiger partial charge in [-0.2, -0.15) is 0 Å². The Morgan fingerprint density at radius 3 is 2.29 bits per heavy atom. The molecule has 0 atom stereocenters. The summed E-state index contributed by atoms with van der Waals surface area (Å²) in [4.78, 5) is 4.28. The molecule has 0 bridgehead atoms. The summed E-state index contributed by atoms with van der Waals surface area (Å²) in [5.41, 5.74) is 0.762. The maximum atomic E-state index is 14.0. The first-order chi connectivity index (χ1) is 9.71. The van der Waals surface area contributed by atoms with Gasteiger partial charge in [0.05, 0.1) is 11.2 Å². The van der Waals surface area contributed by atoms with E-state index in [0.717, 1.165) is 16.5 Å². The molecule has 0 saturated carbocycles. The molecule has 1 aliphatic rings. The van der Waals surface area contributed by atoms with E-state index in [4.69, 9.17) is 9.31 Å². The number of fused-ring (bicyclic) bond motifs is 1. The molecule has 110 valence electrons. The van der Waals surface area contributed by atoms with Gasteiger partial charge in [0.15, 0.2) is 0 Å². The molecule has 1 aromatic heterocycles. The highest BCUT2D eigenvalue weighted by molar-refractivity contribution is 6.65. The summed E-state index contributed by atoms with van der Waals surface area (Å²) in [5, 5.41) is 1.29. The van der Waals surface area contributed by atoms with Crippen molar-refractivity contribution in [2.75, 3.05) is 0 Å². The predicted octanol–water partition coefficient (Wildman–Crippen LogP) is 2.98. The number of halogens is 1. The maximum Gasteiger partial charge on any atom is 0.495 e. The Labute approximate surface area is 124 Å². The monoisotopic (exact) mass is 287 g/mol. The van der Waals surface area contributed by atoms with Crippen molar-refractivity contribution in [1.82, 2.24) is 4.98 Å². The first kappa shape index (κ1) is 14.5. The topological polar surface area (TPSA) is 31.4 Å². The van der Waals surface area contributed by atoms with E-state index in [2.05, 4.69) is 4.98 Å². The van der Waals surface area contributed by atoms with E-state index in [1.165, 1.54) is 6.07 Å². The smallest absolute Gasteiger partial charge is 0.399 e. The van der Waals surface area contributed by atoms with Crippen LogP contribution in [0.25, 0.3) is 10.8 Å². The van der Waals surface area contributed by atoms with Gasteiger partial charge >= 0.3 is 7.12 Å². The quantitative estimate of drug-likeness (QED) is 0.756. The fourth-order valence-corrected chi connectivity index (χ4v) is 2.51. The van der Waals surface area contributed by atoms with Crippen LogP contribution in [-0.2, 0) is 9.31 Å². The minimum atomic E-state index is -0.511. The molecule has 0 unspecified atom stereocenters. The van der Waals surface area contributed by atoms with Crippen molar-refractivity contribution in [3.05, 3.63) is 35.9 Å². The molecule has 1 aromatic carbocycles. The summed E-state index contributed by atoms with van der Waals surface area (Å²) >= 11 is 0. The first-order valence-electron chi connectivity index (χ1n) is 7.12. The van der Waals surface area contributed by atoms with E-state index >= 15 is 0 Å². The lowest BCUT2D eigenvalue weighted by atomic mass is 9.76. The lowest BCUT2D eigenvalue weighted by Crippen LogP contribution is -2.41. The second kappa shape index (κ2) is 4.52. The van der Waals surface area contributed by atoms with Crippen molar-refractivity contribution < 1.29 is 13.7 Å². The van der Waals surface area contributed by atoms with Gasteiger partial charge in [-0.05, 0) is 52.2 Å². The van der Waals surface area contributed by atoms with E-state index in [1.807, 2.05) is 34.6 Å². The van der Waals surface area contributed by atoms with Crippen LogP contribution in [0.4, 0.5) is 4.39 Å². The Balaban J connectivity index is 2.13. The van der Waals surface area contributed by atoms with E-state index in [-0.39, 0.29) is 5.82 Å². The molecule has 5 heteroatoms.